The first-order valence-corrected chi connectivity index (χ1v) is 5.08. The van der Waals surface area contributed by atoms with Gasteiger partial charge in [-0.15, -0.1) is 0 Å². The van der Waals surface area contributed by atoms with Crippen molar-refractivity contribution >= 4 is 5.97 Å². The molecular weight excluding hydrogens is 223 g/mol. The molecule has 1 saturated heterocycles. The molecule has 0 aromatic rings. The zero-order valence-electron chi connectivity index (χ0n) is 9.51. The van der Waals surface area contributed by atoms with Gasteiger partial charge in [0, 0.05) is 18.6 Å². The number of hydrogen-bond acceptors (Lipinski definition) is 2. The van der Waals surface area contributed by atoms with Crippen molar-refractivity contribution in [3.05, 3.63) is 0 Å². The quantitative estimate of drug-likeness (QED) is 0.760. The van der Waals surface area contributed by atoms with Gasteiger partial charge in [-0.1, -0.05) is 0 Å². The second kappa shape index (κ2) is 3.91. The first kappa shape index (κ1) is 13.3. The Kier molecular flexibility index (Phi) is 3.24. The topological polar surface area (TPSA) is 40.5 Å². The number of alkyl halides is 3. The van der Waals surface area contributed by atoms with Crippen LogP contribution in [0.1, 0.15) is 20.8 Å². The highest BCUT2D eigenvalue weighted by molar-refractivity contribution is 5.71. The summed E-state index contributed by atoms with van der Waals surface area (Å²) in [6.45, 7) is 5.08. The lowest BCUT2D eigenvalue weighted by atomic mass is 9.96. The predicted molar refractivity (Wildman–Crippen MR) is 52.0 cm³/mol. The minimum absolute atomic E-state index is 0.0387. The van der Waals surface area contributed by atoms with Crippen molar-refractivity contribution < 1.29 is 23.1 Å². The number of carboxylic acid groups (broad SMARTS) is 1. The summed E-state index contributed by atoms with van der Waals surface area (Å²) < 4.78 is 37.9. The Labute approximate surface area is 92.2 Å². The fraction of sp³-hybridized carbons (Fsp3) is 0.900. The lowest BCUT2D eigenvalue weighted by Gasteiger charge is -2.31. The number of rotatable bonds is 1. The number of halogens is 3. The van der Waals surface area contributed by atoms with Gasteiger partial charge >= 0.3 is 12.1 Å². The van der Waals surface area contributed by atoms with Gasteiger partial charge in [0.05, 0.1) is 11.8 Å². The molecule has 6 heteroatoms. The highest BCUT2D eigenvalue weighted by atomic mass is 19.4. The highest BCUT2D eigenvalue weighted by Crippen LogP contribution is 2.39. The van der Waals surface area contributed by atoms with E-state index in [4.69, 9.17) is 5.11 Å². The average molecular weight is 239 g/mol. The van der Waals surface area contributed by atoms with Crippen molar-refractivity contribution in [2.45, 2.75) is 32.5 Å². The molecule has 0 bridgehead atoms. The zero-order chi connectivity index (χ0) is 12.7. The van der Waals surface area contributed by atoms with Gasteiger partial charge < -0.3 is 5.11 Å². The summed E-state index contributed by atoms with van der Waals surface area (Å²) in [5, 5.41) is 8.80. The lowest BCUT2D eigenvalue weighted by molar-refractivity contribution is -0.188. The van der Waals surface area contributed by atoms with E-state index in [1.165, 1.54) is 0 Å². The van der Waals surface area contributed by atoms with Crippen LogP contribution in [0, 0.1) is 11.8 Å². The molecule has 1 fully saturated rings. The molecule has 0 aliphatic carbocycles. The molecule has 2 atom stereocenters. The Morgan fingerprint density at radius 2 is 1.75 bits per heavy atom. The summed E-state index contributed by atoms with van der Waals surface area (Å²) in [7, 11) is 0. The molecule has 94 valence electrons. The third-order valence-electron chi connectivity index (χ3n) is 3.01. The molecule has 16 heavy (non-hydrogen) atoms. The maximum Gasteiger partial charge on any atom is 0.393 e. The third-order valence-corrected chi connectivity index (χ3v) is 3.01. The van der Waals surface area contributed by atoms with Crippen molar-refractivity contribution in [2.75, 3.05) is 13.1 Å². The molecule has 0 spiro atoms. The Balaban J connectivity index is 2.89. The minimum Gasteiger partial charge on any atom is -0.481 e. The first-order chi connectivity index (χ1) is 7.03. The van der Waals surface area contributed by atoms with Crippen LogP contribution in [0.2, 0.25) is 0 Å². The SMILES string of the molecule is CC(C)(C)N1CC(C(=O)O)C(C(F)(F)F)C1. The predicted octanol–water partition coefficient (Wildman–Crippen LogP) is 1.98. The van der Waals surface area contributed by atoms with Crippen molar-refractivity contribution in [1.29, 1.82) is 0 Å². The van der Waals surface area contributed by atoms with E-state index in [1.807, 2.05) is 0 Å². The van der Waals surface area contributed by atoms with E-state index in [0.717, 1.165) is 0 Å². The number of carbonyl (C=O) groups is 1. The summed E-state index contributed by atoms with van der Waals surface area (Å²) in [5.74, 6) is -4.47. The number of carboxylic acids is 1. The van der Waals surface area contributed by atoms with Gasteiger partial charge in [-0.2, -0.15) is 13.2 Å². The molecule has 1 heterocycles. The monoisotopic (exact) mass is 239 g/mol. The van der Waals surface area contributed by atoms with Gasteiger partial charge in [0.25, 0.3) is 0 Å². The van der Waals surface area contributed by atoms with Crippen LogP contribution in [0.5, 0.6) is 0 Å². The van der Waals surface area contributed by atoms with Crippen molar-refractivity contribution in [3.63, 3.8) is 0 Å². The highest BCUT2D eigenvalue weighted by Gasteiger charge is 2.53. The second-order valence-corrected chi connectivity index (χ2v) is 5.17. The number of hydrogen-bond donors (Lipinski definition) is 1. The van der Waals surface area contributed by atoms with Crippen LogP contribution in [0.15, 0.2) is 0 Å². The van der Waals surface area contributed by atoms with E-state index in [-0.39, 0.29) is 13.1 Å². The standard InChI is InChI=1S/C10H16F3NO2/c1-9(2,3)14-4-6(8(15)16)7(5-14)10(11,12)13/h6-7H,4-5H2,1-3H3,(H,15,16). The van der Waals surface area contributed by atoms with Crippen LogP contribution in [-0.2, 0) is 4.79 Å². The van der Waals surface area contributed by atoms with E-state index < -0.39 is 29.5 Å². The fourth-order valence-electron chi connectivity index (χ4n) is 1.93. The Morgan fingerprint density at radius 1 is 1.25 bits per heavy atom. The Bertz CT molecular complexity index is 283. The summed E-state index contributed by atoms with van der Waals surface area (Å²) >= 11 is 0. The smallest absolute Gasteiger partial charge is 0.393 e. The van der Waals surface area contributed by atoms with Crippen LogP contribution in [0.4, 0.5) is 13.2 Å². The minimum atomic E-state index is -4.44. The maximum absolute atomic E-state index is 12.6. The van der Waals surface area contributed by atoms with Gasteiger partial charge in [-0.05, 0) is 20.8 Å². The molecule has 3 nitrogen and oxygen atoms in total. The average Bonchev–Trinajstić information content (AvgIpc) is 2.44. The molecular formula is C10H16F3NO2. The Morgan fingerprint density at radius 3 is 2.00 bits per heavy atom. The number of likely N-dealkylation sites (tertiary alicyclic amines) is 1. The third kappa shape index (κ3) is 2.66. The number of aliphatic carboxylic acids is 1. The molecule has 1 rings (SSSR count). The van der Waals surface area contributed by atoms with Gasteiger partial charge in [0.15, 0.2) is 0 Å². The normalized spacial score (nSPS) is 28.4. The zero-order valence-corrected chi connectivity index (χ0v) is 9.51. The first-order valence-electron chi connectivity index (χ1n) is 5.08. The van der Waals surface area contributed by atoms with Crippen molar-refractivity contribution in [3.8, 4) is 0 Å². The van der Waals surface area contributed by atoms with Crippen LogP contribution < -0.4 is 0 Å². The second-order valence-electron chi connectivity index (χ2n) is 5.17. The molecule has 0 aromatic carbocycles. The largest absolute Gasteiger partial charge is 0.481 e. The van der Waals surface area contributed by atoms with Gasteiger partial charge in [-0.25, -0.2) is 0 Å². The van der Waals surface area contributed by atoms with Crippen LogP contribution >= 0.6 is 0 Å². The summed E-state index contributed by atoms with van der Waals surface area (Å²) in [6, 6.07) is 0. The van der Waals surface area contributed by atoms with Gasteiger partial charge in [0.1, 0.15) is 0 Å². The molecule has 2 unspecified atom stereocenters. The van der Waals surface area contributed by atoms with Crippen LogP contribution in [-0.4, -0.2) is 40.8 Å². The Hall–Kier alpha value is -0.780. The van der Waals surface area contributed by atoms with Gasteiger partial charge in [0.2, 0.25) is 0 Å². The van der Waals surface area contributed by atoms with Crippen molar-refractivity contribution in [2.24, 2.45) is 11.8 Å². The van der Waals surface area contributed by atoms with Crippen LogP contribution in [0.3, 0.4) is 0 Å². The molecule has 1 N–H and O–H groups in total. The summed E-state index contributed by atoms with van der Waals surface area (Å²) in [5.41, 5.74) is -0.437. The molecule has 0 radical (unpaired) electrons. The van der Waals surface area contributed by atoms with Crippen LogP contribution in [0.25, 0.3) is 0 Å². The lowest BCUT2D eigenvalue weighted by Crippen LogP contribution is -2.40. The molecule has 0 aromatic heterocycles. The molecule has 0 saturated carbocycles. The molecule has 1 aliphatic heterocycles. The fourth-order valence-corrected chi connectivity index (χ4v) is 1.93. The van der Waals surface area contributed by atoms with E-state index in [9.17, 15) is 18.0 Å². The number of nitrogens with zero attached hydrogens (tertiary/aromatic N) is 1. The van der Waals surface area contributed by atoms with Gasteiger partial charge in [-0.3, -0.25) is 9.69 Å². The maximum atomic E-state index is 12.6. The van der Waals surface area contributed by atoms with E-state index in [1.54, 1.807) is 25.7 Å². The van der Waals surface area contributed by atoms with Crippen molar-refractivity contribution in [1.82, 2.24) is 4.90 Å². The molecule has 1 aliphatic rings. The van der Waals surface area contributed by atoms with E-state index in [0.29, 0.717) is 0 Å². The summed E-state index contributed by atoms with van der Waals surface area (Å²) in [4.78, 5) is 12.4. The summed E-state index contributed by atoms with van der Waals surface area (Å²) in [6.07, 6.45) is -4.44. The molecule has 0 amide bonds. The van der Waals surface area contributed by atoms with E-state index in [2.05, 4.69) is 0 Å². The van der Waals surface area contributed by atoms with E-state index >= 15 is 0 Å².